The molecule has 0 bridgehead atoms. The highest BCUT2D eigenvalue weighted by Crippen LogP contribution is 2.31. The second-order valence-corrected chi connectivity index (χ2v) is 9.04. The topological polar surface area (TPSA) is 84.8 Å². The molecule has 1 aromatic carbocycles. The maximum Gasteiger partial charge on any atom is 0.270 e. The van der Waals surface area contributed by atoms with Crippen molar-refractivity contribution in [2.24, 2.45) is 0 Å². The molecule has 1 aliphatic rings. The lowest BCUT2D eigenvalue weighted by molar-refractivity contribution is -0.122. The van der Waals surface area contributed by atoms with E-state index in [-0.39, 0.29) is 24.2 Å². The molecular weight excluding hydrogens is 400 g/mol. The Morgan fingerprint density at radius 2 is 1.75 bits per heavy atom. The van der Waals surface area contributed by atoms with E-state index in [1.807, 2.05) is 52.2 Å². The normalized spacial score (nSPS) is 13.6. The van der Waals surface area contributed by atoms with E-state index in [9.17, 15) is 9.59 Å². The molecule has 2 heterocycles. The maximum atomic E-state index is 13.3. The van der Waals surface area contributed by atoms with Crippen molar-refractivity contribution < 1.29 is 9.59 Å². The van der Waals surface area contributed by atoms with Crippen LogP contribution < -0.4 is 5.32 Å². The number of rotatable bonds is 7. The summed E-state index contributed by atoms with van der Waals surface area (Å²) in [4.78, 5) is 38.6. The third-order valence-corrected chi connectivity index (χ3v) is 6.00. The van der Waals surface area contributed by atoms with Crippen LogP contribution in [0.1, 0.15) is 59.8 Å². The zero-order chi connectivity index (χ0) is 22.9. The molecule has 0 spiro atoms. The van der Waals surface area contributed by atoms with Crippen LogP contribution in [0.5, 0.6) is 0 Å². The molecule has 1 amide bonds. The van der Waals surface area contributed by atoms with Crippen molar-refractivity contribution in [1.29, 1.82) is 0 Å². The highest BCUT2D eigenvalue weighted by atomic mass is 16.2. The SMILES string of the molecule is Cc1ncc(-c2ccc(C(C)(C)C(=O)Cc3cccc(C(=O)NC4CC4)n3)c(C)c2)cn1. The van der Waals surface area contributed by atoms with Crippen LogP contribution in [0.15, 0.2) is 48.8 Å². The molecule has 1 N–H and O–H groups in total. The van der Waals surface area contributed by atoms with Gasteiger partial charge in [0.2, 0.25) is 0 Å². The smallest absolute Gasteiger partial charge is 0.270 e. The van der Waals surface area contributed by atoms with Crippen LogP contribution in [0.3, 0.4) is 0 Å². The number of nitrogens with one attached hydrogen (secondary N) is 1. The largest absolute Gasteiger partial charge is 0.348 e. The van der Waals surface area contributed by atoms with Crippen LogP contribution in [0.25, 0.3) is 11.1 Å². The van der Waals surface area contributed by atoms with Gasteiger partial charge in [-0.2, -0.15) is 0 Å². The van der Waals surface area contributed by atoms with Crippen LogP contribution in [0.4, 0.5) is 0 Å². The Labute approximate surface area is 188 Å². The second-order valence-electron chi connectivity index (χ2n) is 9.04. The van der Waals surface area contributed by atoms with Gasteiger partial charge in [-0.1, -0.05) is 24.3 Å². The summed E-state index contributed by atoms with van der Waals surface area (Å²) < 4.78 is 0. The van der Waals surface area contributed by atoms with Crippen molar-refractivity contribution in [1.82, 2.24) is 20.3 Å². The van der Waals surface area contributed by atoms with E-state index in [1.165, 1.54) is 0 Å². The van der Waals surface area contributed by atoms with Crippen molar-refractivity contribution in [2.75, 3.05) is 0 Å². The van der Waals surface area contributed by atoms with Gasteiger partial charge in [0, 0.05) is 41.5 Å². The second kappa shape index (κ2) is 8.61. The lowest BCUT2D eigenvalue weighted by Gasteiger charge is -2.26. The summed E-state index contributed by atoms with van der Waals surface area (Å²) >= 11 is 0. The fraction of sp³-hybridized carbons (Fsp3) is 0.346. The standard InChI is InChI=1S/C26H28N4O2/c1-16-12-18(19-14-27-17(2)28-15-19)8-11-22(16)26(3,4)24(31)13-21-6-5-7-23(29-21)25(32)30-20-9-10-20/h5-8,11-12,14-15,20H,9-10,13H2,1-4H3,(H,30,32). The molecule has 0 unspecified atom stereocenters. The summed E-state index contributed by atoms with van der Waals surface area (Å²) in [5, 5.41) is 2.94. The van der Waals surface area contributed by atoms with Gasteiger partial charge in [0.05, 0.1) is 0 Å². The minimum absolute atomic E-state index is 0.0549. The average Bonchev–Trinajstić information content (AvgIpc) is 3.58. The summed E-state index contributed by atoms with van der Waals surface area (Å²) in [5.74, 6) is 0.614. The van der Waals surface area contributed by atoms with Crippen molar-refractivity contribution in [2.45, 2.75) is 58.4 Å². The molecular formula is C26H28N4O2. The number of benzene rings is 1. The highest BCUT2D eigenvalue weighted by molar-refractivity contribution is 5.93. The lowest BCUT2D eigenvalue weighted by atomic mass is 9.76. The lowest BCUT2D eigenvalue weighted by Crippen LogP contribution is -2.32. The Bertz CT molecular complexity index is 1160. The monoisotopic (exact) mass is 428 g/mol. The number of pyridine rings is 1. The van der Waals surface area contributed by atoms with Gasteiger partial charge in [-0.05, 0) is 69.4 Å². The van der Waals surface area contributed by atoms with Gasteiger partial charge < -0.3 is 5.32 Å². The Morgan fingerprint density at radius 1 is 1.03 bits per heavy atom. The van der Waals surface area contributed by atoms with Crippen LogP contribution in [0.2, 0.25) is 0 Å². The Morgan fingerprint density at radius 3 is 2.41 bits per heavy atom. The van der Waals surface area contributed by atoms with Crippen molar-refractivity contribution in [3.05, 3.63) is 77.1 Å². The number of ketones is 1. The molecule has 1 fully saturated rings. The molecule has 0 saturated heterocycles. The maximum absolute atomic E-state index is 13.3. The molecule has 6 heteroatoms. The first-order chi connectivity index (χ1) is 15.2. The molecule has 2 aromatic heterocycles. The van der Waals surface area contributed by atoms with E-state index in [2.05, 4.69) is 26.3 Å². The summed E-state index contributed by atoms with van der Waals surface area (Å²) in [5.41, 5.74) is 4.25. The van der Waals surface area contributed by atoms with Crippen LogP contribution >= 0.6 is 0 Å². The number of hydrogen-bond donors (Lipinski definition) is 1. The van der Waals surface area contributed by atoms with E-state index >= 15 is 0 Å². The van der Waals surface area contributed by atoms with Crippen LogP contribution in [0, 0.1) is 13.8 Å². The fourth-order valence-electron chi connectivity index (χ4n) is 3.81. The average molecular weight is 429 g/mol. The number of aryl methyl sites for hydroxylation is 2. The molecule has 3 aromatic rings. The van der Waals surface area contributed by atoms with Gasteiger partial charge in [0.1, 0.15) is 17.3 Å². The number of aromatic nitrogens is 3. The van der Waals surface area contributed by atoms with Gasteiger partial charge in [-0.15, -0.1) is 0 Å². The van der Waals surface area contributed by atoms with Gasteiger partial charge in [0.25, 0.3) is 5.91 Å². The van der Waals surface area contributed by atoms with E-state index in [0.717, 1.165) is 40.9 Å². The number of carbonyl (C=O) groups excluding carboxylic acids is 2. The van der Waals surface area contributed by atoms with E-state index in [4.69, 9.17) is 0 Å². The number of carbonyl (C=O) groups is 2. The van der Waals surface area contributed by atoms with E-state index in [0.29, 0.717) is 11.4 Å². The van der Waals surface area contributed by atoms with E-state index in [1.54, 1.807) is 18.2 Å². The Balaban J connectivity index is 1.52. The zero-order valence-corrected chi connectivity index (χ0v) is 19.0. The quantitative estimate of drug-likeness (QED) is 0.611. The van der Waals surface area contributed by atoms with E-state index < -0.39 is 5.41 Å². The predicted octanol–water partition coefficient (Wildman–Crippen LogP) is 4.14. The highest BCUT2D eigenvalue weighted by Gasteiger charge is 2.31. The first-order valence-electron chi connectivity index (χ1n) is 10.9. The molecule has 0 atom stereocenters. The third-order valence-electron chi connectivity index (χ3n) is 6.00. The summed E-state index contributed by atoms with van der Waals surface area (Å²) in [6, 6.07) is 11.6. The molecule has 164 valence electrons. The van der Waals surface area contributed by atoms with Crippen molar-refractivity contribution in [3.63, 3.8) is 0 Å². The number of nitrogens with zero attached hydrogens (tertiary/aromatic N) is 3. The predicted molar refractivity (Wildman–Crippen MR) is 123 cm³/mol. The first kappa shape index (κ1) is 21.8. The molecule has 1 saturated carbocycles. The molecule has 4 rings (SSSR count). The van der Waals surface area contributed by atoms with Crippen molar-refractivity contribution in [3.8, 4) is 11.1 Å². The molecule has 0 radical (unpaired) electrons. The molecule has 1 aliphatic carbocycles. The summed E-state index contributed by atoms with van der Waals surface area (Å²) in [7, 11) is 0. The van der Waals surface area contributed by atoms with Gasteiger partial charge in [-0.3, -0.25) is 9.59 Å². The number of Topliss-reactive ketones (excluding diaryl/α,β-unsaturated/α-hetero) is 1. The minimum atomic E-state index is -0.694. The fourth-order valence-corrected chi connectivity index (χ4v) is 3.81. The summed E-state index contributed by atoms with van der Waals surface area (Å²) in [6.45, 7) is 7.76. The summed E-state index contributed by atoms with van der Waals surface area (Å²) in [6.07, 6.45) is 5.83. The van der Waals surface area contributed by atoms with Gasteiger partial charge >= 0.3 is 0 Å². The third kappa shape index (κ3) is 4.74. The number of hydrogen-bond acceptors (Lipinski definition) is 5. The van der Waals surface area contributed by atoms with Crippen LogP contribution in [-0.4, -0.2) is 32.7 Å². The minimum Gasteiger partial charge on any atom is -0.348 e. The molecule has 0 aliphatic heterocycles. The molecule has 32 heavy (non-hydrogen) atoms. The number of amides is 1. The molecule has 6 nitrogen and oxygen atoms in total. The van der Waals surface area contributed by atoms with Crippen LogP contribution in [-0.2, 0) is 16.6 Å². The first-order valence-corrected chi connectivity index (χ1v) is 10.9. The van der Waals surface area contributed by atoms with Crippen molar-refractivity contribution >= 4 is 11.7 Å². The zero-order valence-electron chi connectivity index (χ0n) is 19.0. The van der Waals surface area contributed by atoms with Gasteiger partial charge in [-0.25, -0.2) is 15.0 Å². The van der Waals surface area contributed by atoms with Gasteiger partial charge in [0.15, 0.2) is 0 Å². The Hall–Kier alpha value is -3.41. The Kier molecular flexibility index (Phi) is 5.87.